The third-order valence-corrected chi connectivity index (χ3v) is 5.55. The molecule has 0 atom stereocenters. The monoisotopic (exact) mass is 411 g/mol. The lowest BCUT2D eigenvalue weighted by atomic mass is 10.00. The number of carbonyl (C=O) groups excluding carboxylic acids is 1. The number of carboxylic acid groups (broad SMARTS) is 1. The van der Waals surface area contributed by atoms with E-state index in [-0.39, 0.29) is 17.9 Å². The number of allylic oxidation sites excluding steroid dienone is 1. The van der Waals surface area contributed by atoms with Crippen LogP contribution in [-0.4, -0.2) is 26.4 Å². The highest BCUT2D eigenvalue weighted by molar-refractivity contribution is 8.06. The highest BCUT2D eigenvalue weighted by Gasteiger charge is 2.23. The number of aromatic nitrogens is 2. The van der Waals surface area contributed by atoms with Gasteiger partial charge >= 0.3 is 5.97 Å². The number of pyridine rings is 1. The number of nitrogens with one attached hydrogen (secondary N) is 1. The van der Waals surface area contributed by atoms with Gasteiger partial charge in [-0.2, -0.15) is 0 Å². The lowest BCUT2D eigenvalue weighted by Crippen LogP contribution is -2.25. The first kappa shape index (κ1) is 18.3. The number of nitrogens with zero attached hydrogens (tertiary/aromatic N) is 2. The van der Waals surface area contributed by atoms with Crippen LogP contribution in [0, 0.1) is 0 Å². The van der Waals surface area contributed by atoms with Gasteiger partial charge in [0.1, 0.15) is 5.65 Å². The normalized spacial score (nSPS) is 14.1. The van der Waals surface area contributed by atoms with Crippen molar-refractivity contribution < 1.29 is 14.7 Å². The molecule has 0 saturated carbocycles. The van der Waals surface area contributed by atoms with E-state index in [2.05, 4.69) is 10.3 Å². The molecule has 1 aromatic carbocycles. The van der Waals surface area contributed by atoms with Crippen LogP contribution in [0.5, 0.6) is 0 Å². The lowest BCUT2D eigenvalue weighted by Gasteiger charge is -2.19. The van der Waals surface area contributed by atoms with Crippen LogP contribution in [0.2, 0.25) is 5.02 Å². The molecule has 1 aliphatic rings. The largest absolute Gasteiger partial charge is 0.478 e. The van der Waals surface area contributed by atoms with E-state index in [0.717, 1.165) is 16.8 Å². The molecule has 0 unspecified atom stereocenters. The molecule has 1 amide bonds. The van der Waals surface area contributed by atoms with Crippen molar-refractivity contribution in [2.24, 2.45) is 0 Å². The molecule has 3 heterocycles. The Morgan fingerprint density at radius 2 is 1.96 bits per heavy atom. The van der Waals surface area contributed by atoms with Gasteiger partial charge in [-0.05, 0) is 40.8 Å². The van der Waals surface area contributed by atoms with Crippen LogP contribution in [0.3, 0.4) is 0 Å². The maximum Gasteiger partial charge on any atom is 0.334 e. The van der Waals surface area contributed by atoms with Crippen molar-refractivity contribution in [2.45, 2.75) is 6.42 Å². The summed E-state index contributed by atoms with van der Waals surface area (Å²) in [6, 6.07) is 10.6. The summed E-state index contributed by atoms with van der Waals surface area (Å²) in [5.74, 6) is -1.44. The minimum Gasteiger partial charge on any atom is -0.478 e. The second-order valence-electron chi connectivity index (χ2n) is 6.12. The first-order chi connectivity index (χ1) is 13.5. The summed E-state index contributed by atoms with van der Waals surface area (Å²) in [6.07, 6.45) is 5.24. The summed E-state index contributed by atoms with van der Waals surface area (Å²) < 4.78 is 1.73. The zero-order valence-electron chi connectivity index (χ0n) is 14.4. The molecule has 0 radical (unpaired) electrons. The number of rotatable bonds is 4. The Morgan fingerprint density at radius 1 is 1.18 bits per heavy atom. The minimum atomic E-state index is -1.06. The number of benzene rings is 1. The molecule has 0 saturated heterocycles. The quantitative estimate of drug-likeness (QED) is 0.672. The number of hydrogen-bond acceptors (Lipinski definition) is 4. The van der Waals surface area contributed by atoms with Gasteiger partial charge in [0.2, 0.25) is 0 Å². The fourth-order valence-electron chi connectivity index (χ4n) is 2.85. The predicted molar refractivity (Wildman–Crippen MR) is 109 cm³/mol. The number of hydrogen-bond donors (Lipinski definition) is 2. The Bertz CT molecular complexity index is 1150. The maximum atomic E-state index is 12.6. The molecule has 3 aromatic rings. The second kappa shape index (κ2) is 7.53. The highest BCUT2D eigenvalue weighted by atomic mass is 35.5. The first-order valence-electron chi connectivity index (χ1n) is 8.33. The van der Waals surface area contributed by atoms with E-state index in [9.17, 15) is 14.7 Å². The van der Waals surface area contributed by atoms with Crippen molar-refractivity contribution in [1.29, 1.82) is 0 Å². The van der Waals surface area contributed by atoms with E-state index < -0.39 is 5.97 Å². The van der Waals surface area contributed by atoms with Crippen molar-refractivity contribution in [3.05, 3.63) is 87.1 Å². The molecule has 6 nitrogen and oxygen atoms in total. The Kier molecular flexibility index (Phi) is 4.93. The van der Waals surface area contributed by atoms with E-state index in [1.807, 2.05) is 17.5 Å². The number of halogens is 1. The smallest absolute Gasteiger partial charge is 0.334 e. The van der Waals surface area contributed by atoms with Crippen molar-refractivity contribution in [1.82, 2.24) is 14.7 Å². The molecule has 140 valence electrons. The fraction of sp³-hybridized carbons (Fsp3) is 0.0500. The van der Waals surface area contributed by atoms with E-state index in [1.165, 1.54) is 11.8 Å². The van der Waals surface area contributed by atoms with E-state index in [0.29, 0.717) is 15.6 Å². The molecule has 28 heavy (non-hydrogen) atoms. The third-order valence-electron chi connectivity index (χ3n) is 4.31. The number of imidazole rings is 1. The Morgan fingerprint density at radius 3 is 2.71 bits per heavy atom. The van der Waals surface area contributed by atoms with Gasteiger partial charge in [0, 0.05) is 30.0 Å². The van der Waals surface area contributed by atoms with E-state index >= 15 is 0 Å². The zero-order valence-corrected chi connectivity index (χ0v) is 16.0. The number of carbonyl (C=O) groups is 2. The van der Waals surface area contributed by atoms with Gasteiger partial charge in [-0.25, -0.2) is 9.78 Å². The molecule has 2 aromatic heterocycles. The van der Waals surface area contributed by atoms with Crippen LogP contribution in [0.25, 0.3) is 11.2 Å². The van der Waals surface area contributed by atoms with Crippen LogP contribution in [0.15, 0.2) is 71.0 Å². The highest BCUT2D eigenvalue weighted by Crippen LogP contribution is 2.36. The summed E-state index contributed by atoms with van der Waals surface area (Å²) >= 11 is 7.10. The van der Waals surface area contributed by atoms with Crippen molar-refractivity contribution in [3.8, 4) is 0 Å². The minimum absolute atomic E-state index is 0.148. The Balaban J connectivity index is 1.57. The Labute approximate surface area is 169 Å². The molecule has 2 N–H and O–H groups in total. The molecular formula is C20H14ClN3O3S. The molecule has 0 spiro atoms. The van der Waals surface area contributed by atoms with Gasteiger partial charge in [-0.3, -0.25) is 4.79 Å². The average molecular weight is 412 g/mol. The predicted octanol–water partition coefficient (Wildman–Crippen LogP) is 4.19. The standard InChI is InChI=1S/C20H14ClN3O3S/c21-15-4-1-12(2-5-15)14-9-16(20(26)27)19(28-11-14)23-18(25)13-3-6-17-22-7-8-24(17)10-13/h1-8,10-11H,9H2,(H,23,25)(H,26,27). The van der Waals surface area contributed by atoms with Gasteiger partial charge in [-0.1, -0.05) is 35.5 Å². The summed E-state index contributed by atoms with van der Waals surface area (Å²) in [5.41, 5.74) is 3.04. The summed E-state index contributed by atoms with van der Waals surface area (Å²) in [6.45, 7) is 0. The van der Waals surface area contributed by atoms with Crippen LogP contribution >= 0.6 is 23.4 Å². The molecule has 0 bridgehead atoms. The number of thioether (sulfide) groups is 1. The van der Waals surface area contributed by atoms with Crippen molar-refractivity contribution in [2.75, 3.05) is 0 Å². The van der Waals surface area contributed by atoms with Crippen molar-refractivity contribution in [3.63, 3.8) is 0 Å². The van der Waals surface area contributed by atoms with Gasteiger partial charge in [0.15, 0.2) is 0 Å². The van der Waals surface area contributed by atoms with E-state index in [4.69, 9.17) is 11.6 Å². The molecule has 8 heteroatoms. The topological polar surface area (TPSA) is 83.7 Å². The van der Waals surface area contributed by atoms with Gasteiger partial charge < -0.3 is 14.8 Å². The van der Waals surface area contributed by atoms with Crippen LogP contribution in [-0.2, 0) is 4.79 Å². The number of carboxylic acids is 1. The maximum absolute atomic E-state index is 12.6. The first-order valence-corrected chi connectivity index (χ1v) is 9.59. The molecule has 1 aliphatic heterocycles. The zero-order chi connectivity index (χ0) is 19.7. The number of amides is 1. The van der Waals surface area contributed by atoms with Crippen LogP contribution < -0.4 is 5.32 Å². The van der Waals surface area contributed by atoms with Crippen molar-refractivity contribution >= 4 is 46.5 Å². The van der Waals surface area contributed by atoms with Crippen LogP contribution in [0.1, 0.15) is 22.3 Å². The summed E-state index contributed by atoms with van der Waals surface area (Å²) in [5, 5.41) is 15.1. The summed E-state index contributed by atoms with van der Waals surface area (Å²) in [7, 11) is 0. The number of aliphatic carboxylic acids is 1. The number of fused-ring (bicyclic) bond motifs is 1. The molecule has 0 fully saturated rings. The molecule has 0 aliphatic carbocycles. The van der Waals surface area contributed by atoms with Gasteiger partial charge in [0.05, 0.1) is 16.2 Å². The summed E-state index contributed by atoms with van der Waals surface area (Å²) in [4.78, 5) is 28.5. The molecular weight excluding hydrogens is 398 g/mol. The van der Waals surface area contributed by atoms with Gasteiger partial charge in [-0.15, -0.1) is 0 Å². The average Bonchev–Trinajstić information content (AvgIpc) is 3.16. The third kappa shape index (κ3) is 3.67. The fourth-order valence-corrected chi connectivity index (χ4v) is 3.91. The Hall–Kier alpha value is -3.03. The lowest BCUT2D eigenvalue weighted by molar-refractivity contribution is -0.132. The SMILES string of the molecule is O=C(O)C1=C(NC(=O)c2ccc3nccn3c2)SC=C(c2ccc(Cl)cc2)C1. The van der Waals surface area contributed by atoms with Crippen LogP contribution in [0.4, 0.5) is 0 Å². The van der Waals surface area contributed by atoms with Gasteiger partial charge in [0.25, 0.3) is 5.91 Å². The molecule has 4 rings (SSSR count). The second-order valence-corrected chi connectivity index (χ2v) is 7.44. The van der Waals surface area contributed by atoms with E-state index in [1.54, 1.807) is 47.3 Å².